The van der Waals surface area contributed by atoms with E-state index in [1.165, 1.54) is 6.07 Å². The fraction of sp³-hybridized carbons (Fsp3) is 0.400. The van der Waals surface area contributed by atoms with Crippen LogP contribution in [0.1, 0.15) is 18.9 Å². The molecule has 0 saturated heterocycles. The molecular weight excluding hydrogens is 175 g/mol. The van der Waals surface area contributed by atoms with Crippen LogP contribution in [-0.4, -0.2) is 5.38 Å². The Hall–Kier alpha value is -0.560. The van der Waals surface area contributed by atoms with Crippen molar-refractivity contribution >= 4 is 11.6 Å². The van der Waals surface area contributed by atoms with E-state index in [0.29, 0.717) is 0 Å². The van der Waals surface area contributed by atoms with Crippen molar-refractivity contribution in [3.63, 3.8) is 0 Å². The topological polar surface area (TPSA) is 0 Å². The minimum Gasteiger partial charge on any atom is -0.207 e. The van der Waals surface area contributed by atoms with E-state index in [4.69, 9.17) is 11.6 Å². The SMILES string of the molecule is CC(Cl)CCc1ccccc1F. The predicted molar refractivity (Wildman–Crippen MR) is 50.0 cm³/mol. The van der Waals surface area contributed by atoms with Gasteiger partial charge in [-0.05, 0) is 31.4 Å². The van der Waals surface area contributed by atoms with E-state index in [1.54, 1.807) is 12.1 Å². The number of alkyl halides is 1. The zero-order valence-electron chi connectivity index (χ0n) is 7.06. The molecular formula is C10H12ClF. The molecule has 66 valence electrons. The second-order valence-corrected chi connectivity index (χ2v) is 3.66. The Bertz CT molecular complexity index is 245. The summed E-state index contributed by atoms with van der Waals surface area (Å²) in [6.07, 6.45) is 1.54. The van der Waals surface area contributed by atoms with Crippen molar-refractivity contribution in [2.24, 2.45) is 0 Å². The normalized spacial score (nSPS) is 12.9. The molecule has 0 aromatic heterocycles. The van der Waals surface area contributed by atoms with Crippen LogP contribution in [0.3, 0.4) is 0 Å². The van der Waals surface area contributed by atoms with Gasteiger partial charge in [-0.2, -0.15) is 0 Å². The molecule has 0 aliphatic carbocycles. The molecule has 1 atom stereocenters. The van der Waals surface area contributed by atoms with Crippen molar-refractivity contribution < 1.29 is 4.39 Å². The highest BCUT2D eigenvalue weighted by atomic mass is 35.5. The molecule has 0 N–H and O–H groups in total. The first-order valence-electron chi connectivity index (χ1n) is 4.07. The summed E-state index contributed by atoms with van der Waals surface area (Å²) in [5, 5.41) is 0.115. The molecule has 1 unspecified atom stereocenters. The third kappa shape index (κ3) is 2.82. The monoisotopic (exact) mass is 186 g/mol. The number of aryl methyl sites for hydroxylation is 1. The lowest BCUT2D eigenvalue weighted by Crippen LogP contribution is -1.96. The van der Waals surface area contributed by atoms with Crippen molar-refractivity contribution in [1.82, 2.24) is 0 Å². The van der Waals surface area contributed by atoms with Gasteiger partial charge in [-0.25, -0.2) is 4.39 Å². The number of halogens is 2. The van der Waals surface area contributed by atoms with E-state index in [1.807, 2.05) is 13.0 Å². The molecule has 1 aromatic carbocycles. The van der Waals surface area contributed by atoms with Gasteiger partial charge in [-0.1, -0.05) is 18.2 Å². The fourth-order valence-electron chi connectivity index (χ4n) is 1.06. The zero-order chi connectivity index (χ0) is 8.97. The third-order valence-corrected chi connectivity index (χ3v) is 1.99. The molecule has 0 aliphatic rings. The number of hydrogen-bond donors (Lipinski definition) is 0. The van der Waals surface area contributed by atoms with Crippen molar-refractivity contribution in [2.45, 2.75) is 25.1 Å². The van der Waals surface area contributed by atoms with Crippen LogP contribution in [0.15, 0.2) is 24.3 Å². The average Bonchev–Trinajstić information content (AvgIpc) is 2.03. The zero-order valence-corrected chi connectivity index (χ0v) is 7.81. The standard InChI is InChI=1S/C10H12ClF/c1-8(11)6-7-9-4-2-3-5-10(9)12/h2-5,8H,6-7H2,1H3. The van der Waals surface area contributed by atoms with Crippen LogP contribution in [-0.2, 0) is 6.42 Å². The molecule has 1 rings (SSSR count). The Balaban J connectivity index is 2.57. The van der Waals surface area contributed by atoms with Gasteiger partial charge in [0, 0.05) is 5.38 Å². The highest BCUT2D eigenvalue weighted by Crippen LogP contribution is 2.11. The third-order valence-electron chi connectivity index (χ3n) is 1.77. The van der Waals surface area contributed by atoms with Gasteiger partial charge in [-0.15, -0.1) is 11.6 Å². The van der Waals surface area contributed by atoms with E-state index in [-0.39, 0.29) is 11.2 Å². The first-order chi connectivity index (χ1) is 5.70. The molecule has 0 heterocycles. The van der Waals surface area contributed by atoms with Crippen molar-refractivity contribution in [2.75, 3.05) is 0 Å². The summed E-state index contributed by atoms with van der Waals surface area (Å²) >= 11 is 5.76. The largest absolute Gasteiger partial charge is 0.207 e. The van der Waals surface area contributed by atoms with Gasteiger partial charge < -0.3 is 0 Å². The van der Waals surface area contributed by atoms with E-state index >= 15 is 0 Å². The molecule has 0 fully saturated rings. The molecule has 0 aliphatic heterocycles. The number of hydrogen-bond acceptors (Lipinski definition) is 0. The van der Waals surface area contributed by atoms with Crippen LogP contribution < -0.4 is 0 Å². The van der Waals surface area contributed by atoms with Gasteiger partial charge in [0.1, 0.15) is 5.82 Å². The molecule has 0 nitrogen and oxygen atoms in total. The summed E-state index contributed by atoms with van der Waals surface area (Å²) in [5.74, 6) is -0.130. The lowest BCUT2D eigenvalue weighted by Gasteiger charge is -2.03. The molecule has 0 bridgehead atoms. The minimum atomic E-state index is -0.130. The van der Waals surface area contributed by atoms with Gasteiger partial charge in [0.2, 0.25) is 0 Å². The Morgan fingerprint density at radius 3 is 2.67 bits per heavy atom. The van der Waals surface area contributed by atoms with Crippen molar-refractivity contribution in [3.05, 3.63) is 35.6 Å². The first kappa shape index (κ1) is 9.53. The predicted octanol–water partition coefficient (Wildman–Crippen LogP) is 3.39. The molecule has 1 aromatic rings. The lowest BCUT2D eigenvalue weighted by atomic mass is 10.1. The Morgan fingerprint density at radius 2 is 2.08 bits per heavy atom. The van der Waals surface area contributed by atoms with Crippen molar-refractivity contribution in [3.8, 4) is 0 Å². The summed E-state index contributed by atoms with van der Waals surface area (Å²) in [6.45, 7) is 1.92. The van der Waals surface area contributed by atoms with Gasteiger partial charge >= 0.3 is 0 Å². The van der Waals surface area contributed by atoms with E-state index in [2.05, 4.69) is 0 Å². The molecule has 2 heteroatoms. The second kappa shape index (κ2) is 4.46. The maximum absolute atomic E-state index is 13.0. The minimum absolute atomic E-state index is 0.115. The van der Waals surface area contributed by atoms with E-state index < -0.39 is 0 Å². The van der Waals surface area contributed by atoms with Crippen LogP contribution in [0.4, 0.5) is 4.39 Å². The second-order valence-electron chi connectivity index (χ2n) is 2.91. The Morgan fingerprint density at radius 1 is 1.42 bits per heavy atom. The first-order valence-corrected chi connectivity index (χ1v) is 4.51. The maximum Gasteiger partial charge on any atom is 0.126 e. The summed E-state index contributed by atoms with van der Waals surface area (Å²) in [5.41, 5.74) is 0.755. The lowest BCUT2D eigenvalue weighted by molar-refractivity contribution is 0.604. The van der Waals surface area contributed by atoms with Crippen molar-refractivity contribution in [1.29, 1.82) is 0 Å². The highest BCUT2D eigenvalue weighted by Gasteiger charge is 2.02. The van der Waals surface area contributed by atoms with Crippen LogP contribution in [0.5, 0.6) is 0 Å². The van der Waals surface area contributed by atoms with Crippen LogP contribution >= 0.6 is 11.6 Å². The summed E-state index contributed by atoms with van der Waals surface area (Å²) in [7, 11) is 0. The molecule has 0 radical (unpaired) electrons. The fourth-order valence-corrected chi connectivity index (χ4v) is 1.16. The summed E-state index contributed by atoms with van der Waals surface area (Å²) in [4.78, 5) is 0. The van der Waals surface area contributed by atoms with Gasteiger partial charge in [0.15, 0.2) is 0 Å². The van der Waals surface area contributed by atoms with Crippen LogP contribution in [0.2, 0.25) is 0 Å². The number of benzene rings is 1. The Kier molecular flexibility index (Phi) is 3.54. The molecule has 0 amide bonds. The van der Waals surface area contributed by atoms with E-state index in [0.717, 1.165) is 18.4 Å². The summed E-state index contributed by atoms with van der Waals surface area (Å²) in [6, 6.07) is 6.82. The smallest absolute Gasteiger partial charge is 0.126 e. The van der Waals surface area contributed by atoms with Gasteiger partial charge in [0.25, 0.3) is 0 Å². The average molecular weight is 187 g/mol. The van der Waals surface area contributed by atoms with E-state index in [9.17, 15) is 4.39 Å². The van der Waals surface area contributed by atoms with Crippen LogP contribution in [0, 0.1) is 5.82 Å². The Labute approximate surface area is 77.4 Å². The van der Waals surface area contributed by atoms with Gasteiger partial charge in [0.05, 0.1) is 0 Å². The van der Waals surface area contributed by atoms with Crippen LogP contribution in [0.25, 0.3) is 0 Å². The molecule has 0 spiro atoms. The number of rotatable bonds is 3. The van der Waals surface area contributed by atoms with Gasteiger partial charge in [-0.3, -0.25) is 0 Å². The highest BCUT2D eigenvalue weighted by molar-refractivity contribution is 6.20. The molecule has 0 saturated carbocycles. The molecule has 12 heavy (non-hydrogen) atoms. The quantitative estimate of drug-likeness (QED) is 0.635. The maximum atomic E-state index is 13.0. The summed E-state index contributed by atoms with van der Waals surface area (Å²) < 4.78 is 13.0.